The van der Waals surface area contributed by atoms with Crippen LogP contribution >= 0.6 is 0 Å². The number of nitrogens with one attached hydrogen (secondary N) is 2. The zero-order valence-electron chi connectivity index (χ0n) is 25.3. The number of pyridine rings is 2. The van der Waals surface area contributed by atoms with E-state index in [1.54, 1.807) is 6.92 Å². The SMILES string of the molecule is CC[C@@H](Nc1cc(F)c(C(=O)N[C@@H](Cc2ccc(-c3nc(C)c(C)c(C)c3C(F)(F)F)c3ncccc23)C(=O)O)c(F)c1)C(F)(F)F. The van der Waals surface area contributed by atoms with Crippen LogP contribution in [-0.2, 0) is 17.4 Å². The average Bonchev–Trinajstić information content (AvgIpc) is 2.96. The second-order valence-corrected chi connectivity index (χ2v) is 10.9. The van der Waals surface area contributed by atoms with Crippen molar-refractivity contribution in [2.75, 3.05) is 5.32 Å². The molecule has 2 heterocycles. The van der Waals surface area contributed by atoms with Gasteiger partial charge < -0.3 is 15.7 Å². The Balaban J connectivity index is 1.69. The van der Waals surface area contributed by atoms with Crippen LogP contribution in [0.5, 0.6) is 0 Å². The number of halogens is 8. The molecule has 7 nitrogen and oxygen atoms in total. The molecule has 0 radical (unpaired) electrons. The first-order valence-corrected chi connectivity index (χ1v) is 14.1. The van der Waals surface area contributed by atoms with Gasteiger partial charge in [0.25, 0.3) is 5.91 Å². The molecule has 0 fully saturated rings. The third-order valence-electron chi connectivity index (χ3n) is 7.84. The number of amides is 1. The molecule has 2 aromatic heterocycles. The zero-order chi connectivity index (χ0) is 35.0. The van der Waals surface area contributed by atoms with Crippen molar-refractivity contribution in [2.45, 2.75) is 65.0 Å². The van der Waals surface area contributed by atoms with Crippen molar-refractivity contribution in [3.05, 3.63) is 87.7 Å². The lowest BCUT2D eigenvalue weighted by Gasteiger charge is -2.22. The average molecular weight is 669 g/mol. The number of nitrogens with zero attached hydrogens (tertiary/aromatic N) is 2. The fourth-order valence-corrected chi connectivity index (χ4v) is 5.23. The summed E-state index contributed by atoms with van der Waals surface area (Å²) in [5.74, 6) is -6.19. The van der Waals surface area contributed by atoms with E-state index in [1.165, 1.54) is 51.2 Å². The molecule has 0 aliphatic carbocycles. The third kappa shape index (κ3) is 7.28. The number of hydrogen-bond acceptors (Lipinski definition) is 5. The van der Waals surface area contributed by atoms with Crippen LogP contribution in [0, 0.1) is 32.4 Å². The summed E-state index contributed by atoms with van der Waals surface area (Å²) in [6.07, 6.45) is -9.10. The van der Waals surface area contributed by atoms with Gasteiger partial charge in [-0.3, -0.25) is 14.8 Å². The largest absolute Gasteiger partial charge is 0.480 e. The van der Waals surface area contributed by atoms with Gasteiger partial charge in [-0.1, -0.05) is 25.1 Å². The van der Waals surface area contributed by atoms with E-state index >= 15 is 0 Å². The fraction of sp³-hybridized carbons (Fsp3) is 0.312. The summed E-state index contributed by atoms with van der Waals surface area (Å²) in [5.41, 5.74) is -2.13. The van der Waals surface area contributed by atoms with Crippen LogP contribution in [0.1, 0.15) is 51.7 Å². The summed E-state index contributed by atoms with van der Waals surface area (Å²) in [5, 5.41) is 14.1. The molecule has 4 aromatic rings. The minimum absolute atomic E-state index is 0.0179. The Morgan fingerprint density at radius 3 is 2.15 bits per heavy atom. The number of anilines is 1. The number of aryl methyl sites for hydroxylation is 1. The van der Waals surface area contributed by atoms with Gasteiger partial charge >= 0.3 is 18.3 Å². The Hall–Kier alpha value is -4.82. The van der Waals surface area contributed by atoms with Crippen LogP contribution in [-0.4, -0.2) is 45.2 Å². The number of carboxylic acids is 1. The summed E-state index contributed by atoms with van der Waals surface area (Å²) in [6.45, 7) is 5.63. The molecule has 0 bridgehead atoms. The number of fused-ring (bicyclic) bond motifs is 1. The van der Waals surface area contributed by atoms with E-state index in [2.05, 4.69) is 9.97 Å². The highest BCUT2D eigenvalue weighted by atomic mass is 19.4. The molecule has 0 spiro atoms. The predicted octanol–water partition coefficient (Wildman–Crippen LogP) is 7.70. The molecular formula is C32H28F8N4O3. The second-order valence-electron chi connectivity index (χ2n) is 10.9. The van der Waals surface area contributed by atoms with Crippen LogP contribution in [0.15, 0.2) is 42.6 Å². The van der Waals surface area contributed by atoms with Crippen molar-refractivity contribution < 1.29 is 49.8 Å². The highest BCUT2D eigenvalue weighted by molar-refractivity contribution is 5.98. The number of hydrogen-bond donors (Lipinski definition) is 3. The van der Waals surface area contributed by atoms with Gasteiger partial charge in [-0.2, -0.15) is 26.3 Å². The maximum atomic E-state index is 14.8. The van der Waals surface area contributed by atoms with E-state index in [0.29, 0.717) is 23.4 Å². The van der Waals surface area contributed by atoms with Crippen LogP contribution in [0.3, 0.4) is 0 Å². The molecule has 1 amide bonds. The van der Waals surface area contributed by atoms with E-state index in [9.17, 15) is 49.8 Å². The molecule has 250 valence electrons. The number of carbonyl (C=O) groups is 2. The minimum atomic E-state index is -4.77. The van der Waals surface area contributed by atoms with E-state index in [-0.39, 0.29) is 33.3 Å². The molecule has 2 atom stereocenters. The predicted molar refractivity (Wildman–Crippen MR) is 157 cm³/mol. The number of carboxylic acid groups (broad SMARTS) is 1. The second kappa shape index (κ2) is 13.1. The summed E-state index contributed by atoms with van der Waals surface area (Å²) < 4.78 is 112. The monoisotopic (exact) mass is 668 g/mol. The summed E-state index contributed by atoms with van der Waals surface area (Å²) in [6, 6.07) is 2.65. The van der Waals surface area contributed by atoms with Gasteiger partial charge in [-0.05, 0) is 62.1 Å². The molecule has 47 heavy (non-hydrogen) atoms. The minimum Gasteiger partial charge on any atom is -0.480 e. The third-order valence-corrected chi connectivity index (χ3v) is 7.84. The first kappa shape index (κ1) is 35.0. The van der Waals surface area contributed by atoms with E-state index in [4.69, 9.17) is 0 Å². The van der Waals surface area contributed by atoms with Gasteiger partial charge in [0, 0.05) is 34.9 Å². The van der Waals surface area contributed by atoms with Gasteiger partial charge in [-0.25, -0.2) is 13.6 Å². The molecule has 0 unspecified atom stereocenters. The van der Waals surface area contributed by atoms with Crippen molar-refractivity contribution in [3.8, 4) is 11.3 Å². The van der Waals surface area contributed by atoms with Crippen LogP contribution in [0.2, 0.25) is 0 Å². The molecule has 15 heteroatoms. The summed E-state index contributed by atoms with van der Waals surface area (Å²) in [7, 11) is 0. The number of benzene rings is 2. The van der Waals surface area contributed by atoms with Crippen molar-refractivity contribution in [2.24, 2.45) is 0 Å². The van der Waals surface area contributed by atoms with Crippen molar-refractivity contribution in [3.63, 3.8) is 0 Å². The van der Waals surface area contributed by atoms with Crippen molar-refractivity contribution in [1.82, 2.24) is 15.3 Å². The number of aliphatic carboxylic acids is 1. The lowest BCUT2D eigenvalue weighted by Crippen LogP contribution is -2.43. The van der Waals surface area contributed by atoms with Crippen molar-refractivity contribution in [1.29, 1.82) is 0 Å². The lowest BCUT2D eigenvalue weighted by molar-refractivity contribution is -0.143. The van der Waals surface area contributed by atoms with Gasteiger partial charge in [0.2, 0.25) is 0 Å². The van der Waals surface area contributed by atoms with E-state index in [0.717, 1.165) is 0 Å². The van der Waals surface area contributed by atoms with Gasteiger partial charge in [-0.15, -0.1) is 0 Å². The Labute approximate surface area is 263 Å². The van der Waals surface area contributed by atoms with Crippen molar-refractivity contribution >= 4 is 28.5 Å². The van der Waals surface area contributed by atoms with Crippen LogP contribution in [0.25, 0.3) is 22.2 Å². The summed E-state index contributed by atoms with van der Waals surface area (Å²) >= 11 is 0. The maximum absolute atomic E-state index is 14.8. The highest BCUT2D eigenvalue weighted by Gasteiger charge is 2.39. The standard InChI is InChI=1S/C32H28F8N4O3/c1-5-24(31(35,36)37)43-18-12-21(33)25(22(34)13-18)29(45)44-23(30(46)47)11-17-8-9-20(27-19(17)7-6-10-41-27)28-26(32(38,39)40)15(3)14(2)16(4)42-28/h6-10,12-13,23-24,43H,5,11H2,1-4H3,(H,44,45)(H,46,47)/t23-,24+/m0/s1. The van der Waals surface area contributed by atoms with Gasteiger partial charge in [0.1, 0.15) is 29.3 Å². The zero-order valence-corrected chi connectivity index (χ0v) is 25.3. The molecule has 0 aliphatic heterocycles. The highest BCUT2D eigenvalue weighted by Crippen LogP contribution is 2.42. The number of rotatable bonds is 9. The topological polar surface area (TPSA) is 104 Å². The van der Waals surface area contributed by atoms with Gasteiger partial charge in [0.05, 0.1) is 16.8 Å². The number of aromatic nitrogens is 2. The molecule has 0 saturated carbocycles. The molecular weight excluding hydrogens is 640 g/mol. The quantitative estimate of drug-likeness (QED) is 0.158. The molecule has 2 aromatic carbocycles. The first-order chi connectivity index (χ1) is 21.8. The van der Waals surface area contributed by atoms with Crippen LogP contribution < -0.4 is 10.6 Å². The Morgan fingerprint density at radius 2 is 1.60 bits per heavy atom. The Kier molecular flexibility index (Phi) is 9.78. The summed E-state index contributed by atoms with van der Waals surface area (Å²) in [4.78, 5) is 33.5. The van der Waals surface area contributed by atoms with Gasteiger partial charge in [0.15, 0.2) is 0 Å². The fourth-order valence-electron chi connectivity index (χ4n) is 5.23. The number of carbonyl (C=O) groups excluding carboxylic acids is 1. The van der Waals surface area contributed by atoms with Crippen LogP contribution in [0.4, 0.5) is 40.8 Å². The Bertz CT molecular complexity index is 1830. The maximum Gasteiger partial charge on any atom is 0.418 e. The molecule has 3 N–H and O–H groups in total. The molecule has 0 saturated heterocycles. The smallest absolute Gasteiger partial charge is 0.418 e. The molecule has 4 rings (SSSR count). The normalized spacial score (nSPS) is 13.4. The van der Waals surface area contributed by atoms with E-state index in [1.807, 2.05) is 10.6 Å². The lowest BCUT2D eigenvalue weighted by atomic mass is 9.92. The van der Waals surface area contributed by atoms with E-state index < -0.39 is 77.6 Å². The molecule has 0 aliphatic rings. The first-order valence-electron chi connectivity index (χ1n) is 14.1. The Morgan fingerprint density at radius 1 is 0.957 bits per heavy atom. The number of alkyl halides is 6.